The van der Waals surface area contributed by atoms with Crippen molar-refractivity contribution in [2.24, 2.45) is 0 Å². The summed E-state index contributed by atoms with van der Waals surface area (Å²) in [5, 5.41) is 9.20. The third-order valence-electron chi connectivity index (χ3n) is 2.17. The van der Waals surface area contributed by atoms with Crippen LogP contribution < -0.4 is 0 Å². The molecule has 1 aromatic heterocycles. The maximum absolute atomic E-state index is 10.9. The van der Waals surface area contributed by atoms with Crippen molar-refractivity contribution in [1.82, 2.24) is 9.97 Å². The van der Waals surface area contributed by atoms with E-state index in [2.05, 4.69) is 9.97 Å². The summed E-state index contributed by atoms with van der Waals surface area (Å²) < 4.78 is 0. The summed E-state index contributed by atoms with van der Waals surface area (Å²) in [5.41, 5.74) is 0.954. The molecule has 0 atom stereocenters. The quantitative estimate of drug-likeness (QED) is 0.872. The van der Waals surface area contributed by atoms with Gasteiger partial charge in [0.25, 0.3) is 0 Å². The Morgan fingerprint density at radius 1 is 1.39 bits per heavy atom. The van der Waals surface area contributed by atoms with E-state index in [1.807, 2.05) is 0 Å². The lowest BCUT2D eigenvalue weighted by Crippen LogP contribution is -1.97. The topological polar surface area (TPSA) is 63.1 Å². The Hall–Kier alpha value is -1.59. The largest absolute Gasteiger partial charge is 0.478 e. The standard InChI is InChI=1S/C12H9ClN2O2S/c13-11-2-1-9(5-10(11)12(16)17)18-7-8-6-14-3-4-15-8/h1-6H,7H2,(H,16,17). The van der Waals surface area contributed by atoms with Crippen molar-refractivity contribution in [2.75, 3.05) is 0 Å². The van der Waals surface area contributed by atoms with E-state index in [9.17, 15) is 4.79 Å². The molecule has 2 aromatic rings. The van der Waals surface area contributed by atoms with Gasteiger partial charge in [-0.15, -0.1) is 11.8 Å². The van der Waals surface area contributed by atoms with Crippen molar-refractivity contribution in [3.05, 3.63) is 53.1 Å². The maximum atomic E-state index is 10.9. The van der Waals surface area contributed by atoms with Crippen LogP contribution >= 0.6 is 23.4 Å². The van der Waals surface area contributed by atoms with Gasteiger partial charge in [-0.1, -0.05) is 11.6 Å². The van der Waals surface area contributed by atoms with Crippen molar-refractivity contribution >= 4 is 29.3 Å². The first-order valence-corrected chi connectivity index (χ1v) is 6.43. The van der Waals surface area contributed by atoms with E-state index in [0.29, 0.717) is 5.75 Å². The van der Waals surface area contributed by atoms with E-state index in [4.69, 9.17) is 16.7 Å². The highest BCUT2D eigenvalue weighted by molar-refractivity contribution is 7.98. The highest BCUT2D eigenvalue weighted by Gasteiger charge is 2.09. The molecule has 1 heterocycles. The second-order valence-electron chi connectivity index (χ2n) is 3.43. The van der Waals surface area contributed by atoms with E-state index in [1.165, 1.54) is 11.8 Å². The number of nitrogens with zero attached hydrogens (tertiary/aromatic N) is 2. The average molecular weight is 281 g/mol. The molecule has 0 aliphatic heterocycles. The molecule has 92 valence electrons. The number of aromatic nitrogens is 2. The number of aromatic carboxylic acids is 1. The number of hydrogen-bond acceptors (Lipinski definition) is 4. The molecular weight excluding hydrogens is 272 g/mol. The van der Waals surface area contributed by atoms with Crippen molar-refractivity contribution in [2.45, 2.75) is 10.6 Å². The monoisotopic (exact) mass is 280 g/mol. The smallest absolute Gasteiger partial charge is 0.337 e. The Kier molecular flexibility index (Phi) is 4.17. The predicted molar refractivity (Wildman–Crippen MR) is 70.0 cm³/mol. The lowest BCUT2D eigenvalue weighted by molar-refractivity contribution is 0.0697. The maximum Gasteiger partial charge on any atom is 0.337 e. The van der Waals surface area contributed by atoms with Gasteiger partial charge >= 0.3 is 5.97 Å². The minimum Gasteiger partial charge on any atom is -0.478 e. The molecule has 0 spiro atoms. The number of carboxylic acid groups (broad SMARTS) is 1. The molecule has 4 nitrogen and oxygen atoms in total. The summed E-state index contributed by atoms with van der Waals surface area (Å²) in [6.45, 7) is 0. The van der Waals surface area contributed by atoms with Gasteiger partial charge < -0.3 is 5.11 Å². The molecule has 0 bridgehead atoms. The van der Waals surface area contributed by atoms with Crippen LogP contribution in [0.3, 0.4) is 0 Å². The second kappa shape index (κ2) is 5.84. The average Bonchev–Trinajstić information content (AvgIpc) is 2.38. The first-order valence-electron chi connectivity index (χ1n) is 5.07. The van der Waals surface area contributed by atoms with Gasteiger partial charge in [-0.05, 0) is 18.2 Å². The first-order chi connectivity index (χ1) is 8.66. The molecular formula is C12H9ClN2O2S. The Morgan fingerprint density at radius 2 is 2.22 bits per heavy atom. The number of carbonyl (C=O) groups is 1. The Morgan fingerprint density at radius 3 is 2.89 bits per heavy atom. The van der Waals surface area contributed by atoms with Gasteiger partial charge in [0.05, 0.1) is 16.3 Å². The molecule has 1 N–H and O–H groups in total. The fraction of sp³-hybridized carbons (Fsp3) is 0.0833. The lowest BCUT2D eigenvalue weighted by Gasteiger charge is -2.04. The molecule has 1 aromatic carbocycles. The van der Waals surface area contributed by atoms with Crippen LogP contribution in [0.4, 0.5) is 0 Å². The molecule has 2 rings (SSSR count). The van der Waals surface area contributed by atoms with Crippen molar-refractivity contribution in [3.8, 4) is 0 Å². The number of hydrogen-bond donors (Lipinski definition) is 1. The highest BCUT2D eigenvalue weighted by atomic mass is 35.5. The summed E-state index contributed by atoms with van der Waals surface area (Å²) in [5.74, 6) is -0.393. The highest BCUT2D eigenvalue weighted by Crippen LogP contribution is 2.26. The molecule has 0 saturated carbocycles. The zero-order valence-electron chi connectivity index (χ0n) is 9.21. The van der Waals surface area contributed by atoms with Gasteiger partial charge in [-0.3, -0.25) is 9.97 Å². The zero-order chi connectivity index (χ0) is 13.0. The molecule has 6 heteroatoms. The second-order valence-corrected chi connectivity index (χ2v) is 4.89. The van der Waals surface area contributed by atoms with Crippen LogP contribution in [-0.2, 0) is 5.75 Å². The summed E-state index contributed by atoms with van der Waals surface area (Å²) >= 11 is 7.29. The summed E-state index contributed by atoms with van der Waals surface area (Å²) in [6.07, 6.45) is 4.92. The molecule has 0 amide bonds. The number of halogens is 1. The molecule has 0 unspecified atom stereocenters. The molecule has 18 heavy (non-hydrogen) atoms. The minimum absolute atomic E-state index is 0.112. The Bertz CT molecular complexity index is 563. The number of rotatable bonds is 4. The van der Waals surface area contributed by atoms with Crippen molar-refractivity contribution < 1.29 is 9.90 Å². The van der Waals surface area contributed by atoms with Gasteiger partial charge in [-0.2, -0.15) is 0 Å². The number of benzene rings is 1. The van der Waals surface area contributed by atoms with Crippen molar-refractivity contribution in [1.29, 1.82) is 0 Å². The van der Waals surface area contributed by atoms with Crippen molar-refractivity contribution in [3.63, 3.8) is 0 Å². The molecule has 0 aliphatic carbocycles. The SMILES string of the molecule is O=C(O)c1cc(SCc2cnccn2)ccc1Cl. The van der Waals surface area contributed by atoms with E-state index in [-0.39, 0.29) is 10.6 Å². The Labute approximate surface area is 113 Å². The molecule has 0 fully saturated rings. The zero-order valence-corrected chi connectivity index (χ0v) is 10.8. The summed E-state index contributed by atoms with van der Waals surface area (Å²) in [4.78, 5) is 19.9. The minimum atomic E-state index is -1.03. The number of carboxylic acids is 1. The van der Waals surface area contributed by atoms with E-state index in [0.717, 1.165) is 10.6 Å². The molecule has 0 aliphatic rings. The summed E-state index contributed by atoms with van der Waals surface area (Å²) in [6, 6.07) is 4.94. The van der Waals surface area contributed by atoms with Crippen LogP contribution in [0.2, 0.25) is 5.02 Å². The van der Waals surface area contributed by atoms with Gasteiger partial charge in [0.15, 0.2) is 0 Å². The molecule has 0 saturated heterocycles. The number of thioether (sulfide) groups is 1. The Balaban J connectivity index is 2.11. The van der Waals surface area contributed by atoms with Gasteiger partial charge in [-0.25, -0.2) is 4.79 Å². The van der Waals surface area contributed by atoms with Crippen LogP contribution in [0.25, 0.3) is 0 Å². The van der Waals surface area contributed by atoms with E-state index >= 15 is 0 Å². The van der Waals surface area contributed by atoms with E-state index in [1.54, 1.807) is 36.8 Å². The van der Waals surface area contributed by atoms with Crippen LogP contribution in [0.15, 0.2) is 41.7 Å². The van der Waals surface area contributed by atoms with E-state index < -0.39 is 5.97 Å². The van der Waals surface area contributed by atoms with Gasteiger partial charge in [0, 0.05) is 29.2 Å². The fourth-order valence-corrected chi connectivity index (χ4v) is 2.35. The third kappa shape index (κ3) is 3.21. The lowest BCUT2D eigenvalue weighted by atomic mass is 10.2. The predicted octanol–water partition coefficient (Wildman–Crippen LogP) is 3.12. The third-order valence-corrected chi connectivity index (χ3v) is 3.53. The van der Waals surface area contributed by atoms with Gasteiger partial charge in [0.2, 0.25) is 0 Å². The normalized spacial score (nSPS) is 10.3. The van der Waals surface area contributed by atoms with Crippen LogP contribution in [0.5, 0.6) is 0 Å². The first kappa shape index (κ1) is 12.9. The van der Waals surface area contributed by atoms with Crippen LogP contribution in [0.1, 0.15) is 16.1 Å². The summed E-state index contributed by atoms with van der Waals surface area (Å²) in [7, 11) is 0. The molecule has 0 radical (unpaired) electrons. The van der Waals surface area contributed by atoms with Gasteiger partial charge in [0.1, 0.15) is 0 Å². The van der Waals surface area contributed by atoms with Crippen LogP contribution in [0, 0.1) is 0 Å². The van der Waals surface area contributed by atoms with Crippen LogP contribution in [-0.4, -0.2) is 21.0 Å². The fourth-order valence-electron chi connectivity index (χ4n) is 1.32.